The van der Waals surface area contributed by atoms with Crippen LogP contribution in [0.5, 0.6) is 0 Å². The molecule has 0 saturated heterocycles. The Hall–Kier alpha value is -1.36. The lowest BCUT2D eigenvalue weighted by atomic mass is 10.0. The Kier molecular flexibility index (Phi) is 7.21. The molecule has 17 heavy (non-hydrogen) atoms. The molecule has 2 atom stereocenters. The highest BCUT2D eigenvalue weighted by Gasteiger charge is 2.25. The largest absolute Gasteiger partial charge is 0.480 e. The summed E-state index contributed by atoms with van der Waals surface area (Å²) in [5.74, 6) is -1.61. The molecule has 0 aliphatic heterocycles. The molecule has 0 spiro atoms. The van der Waals surface area contributed by atoms with Crippen LogP contribution < -0.4 is 5.32 Å². The second-order valence-electron chi connectivity index (χ2n) is 4.16. The molecule has 0 fully saturated rings. The maximum atomic E-state index is 11.6. The van der Waals surface area contributed by atoms with Crippen LogP contribution in [0.2, 0.25) is 0 Å². The van der Waals surface area contributed by atoms with Crippen molar-refractivity contribution in [2.24, 2.45) is 5.92 Å². The third kappa shape index (κ3) is 6.06. The minimum atomic E-state index is -1.04. The number of rotatable bonds is 8. The van der Waals surface area contributed by atoms with Gasteiger partial charge in [-0.3, -0.25) is 4.79 Å². The van der Waals surface area contributed by atoms with Gasteiger partial charge in [-0.2, -0.15) is 0 Å². The van der Waals surface area contributed by atoms with Crippen LogP contribution in [-0.4, -0.2) is 35.7 Å². The van der Waals surface area contributed by atoms with Gasteiger partial charge in [0.05, 0.1) is 6.61 Å². The molecule has 5 nitrogen and oxygen atoms in total. The Morgan fingerprint density at radius 1 is 1.41 bits per heavy atom. The smallest absolute Gasteiger partial charge is 0.326 e. The fraction of sp³-hybridized carbons (Fsp3) is 0.667. The van der Waals surface area contributed by atoms with Gasteiger partial charge in [0, 0.05) is 0 Å². The quantitative estimate of drug-likeness (QED) is 0.496. The molecule has 0 saturated carbocycles. The number of carboxylic acid groups (broad SMARTS) is 1. The summed E-state index contributed by atoms with van der Waals surface area (Å²) < 4.78 is 5.23. The highest BCUT2D eigenvalue weighted by Crippen LogP contribution is 2.03. The van der Waals surface area contributed by atoms with Gasteiger partial charge in [-0.05, 0) is 19.3 Å². The van der Waals surface area contributed by atoms with Gasteiger partial charge in [-0.15, -0.1) is 6.58 Å². The van der Waals surface area contributed by atoms with E-state index in [1.165, 1.54) is 0 Å². The Morgan fingerprint density at radius 2 is 2.00 bits per heavy atom. The first-order valence-electron chi connectivity index (χ1n) is 5.65. The molecule has 0 radical (unpaired) electrons. The van der Waals surface area contributed by atoms with Crippen LogP contribution in [0.15, 0.2) is 12.7 Å². The van der Waals surface area contributed by atoms with Gasteiger partial charge < -0.3 is 15.2 Å². The summed E-state index contributed by atoms with van der Waals surface area (Å²) in [4.78, 5) is 22.5. The molecule has 0 aliphatic rings. The zero-order chi connectivity index (χ0) is 13.4. The van der Waals surface area contributed by atoms with Gasteiger partial charge in [0.1, 0.15) is 12.1 Å². The number of amides is 1. The number of carbonyl (C=O) groups is 2. The molecule has 98 valence electrons. The Labute approximate surface area is 102 Å². The molecule has 0 aromatic heterocycles. The van der Waals surface area contributed by atoms with Crippen molar-refractivity contribution in [1.82, 2.24) is 5.32 Å². The van der Waals surface area contributed by atoms with E-state index in [2.05, 4.69) is 11.9 Å². The van der Waals surface area contributed by atoms with Gasteiger partial charge in [-0.25, -0.2) is 4.79 Å². The van der Waals surface area contributed by atoms with E-state index in [4.69, 9.17) is 9.84 Å². The molecule has 2 N–H and O–H groups in total. The number of carboxylic acids is 1. The molecule has 0 aliphatic carbocycles. The number of carbonyl (C=O) groups excluding carboxylic acids is 1. The fourth-order valence-electron chi connectivity index (χ4n) is 1.19. The van der Waals surface area contributed by atoms with Gasteiger partial charge >= 0.3 is 5.97 Å². The SMILES string of the molecule is C=CCCOC(C)C(=O)NC(C(=O)O)C(C)C. The number of hydrogen-bond donors (Lipinski definition) is 2. The van der Waals surface area contributed by atoms with Crippen LogP contribution >= 0.6 is 0 Å². The summed E-state index contributed by atoms with van der Waals surface area (Å²) in [6, 6.07) is -0.882. The summed E-state index contributed by atoms with van der Waals surface area (Å²) in [5, 5.41) is 11.4. The standard InChI is InChI=1S/C12H21NO4/c1-5-6-7-17-9(4)11(14)13-10(8(2)3)12(15)16/h5,8-10H,1,6-7H2,2-4H3,(H,13,14)(H,15,16). The molecule has 0 heterocycles. The van der Waals surface area contributed by atoms with E-state index in [0.717, 1.165) is 0 Å². The molecule has 0 rings (SSSR count). The summed E-state index contributed by atoms with van der Waals surface area (Å²) >= 11 is 0. The lowest BCUT2D eigenvalue weighted by molar-refractivity contribution is -0.145. The van der Waals surface area contributed by atoms with Crippen LogP contribution in [0, 0.1) is 5.92 Å². The summed E-state index contributed by atoms with van der Waals surface area (Å²) in [6.45, 7) is 9.01. The predicted molar refractivity (Wildman–Crippen MR) is 64.6 cm³/mol. The van der Waals surface area contributed by atoms with Gasteiger partial charge in [0.2, 0.25) is 5.91 Å². The lowest BCUT2D eigenvalue weighted by Crippen LogP contribution is -2.48. The zero-order valence-electron chi connectivity index (χ0n) is 10.6. The van der Waals surface area contributed by atoms with E-state index in [1.807, 2.05) is 0 Å². The number of nitrogens with one attached hydrogen (secondary N) is 1. The maximum absolute atomic E-state index is 11.6. The van der Waals surface area contributed by atoms with Crippen molar-refractivity contribution in [3.63, 3.8) is 0 Å². The number of hydrogen-bond acceptors (Lipinski definition) is 3. The van der Waals surface area contributed by atoms with Gasteiger partial charge in [-0.1, -0.05) is 19.9 Å². The van der Waals surface area contributed by atoms with E-state index in [1.54, 1.807) is 26.8 Å². The molecule has 1 amide bonds. The maximum Gasteiger partial charge on any atom is 0.326 e. The van der Waals surface area contributed by atoms with Crippen molar-refractivity contribution in [3.05, 3.63) is 12.7 Å². The molecule has 0 aromatic carbocycles. The van der Waals surface area contributed by atoms with Crippen molar-refractivity contribution in [2.75, 3.05) is 6.61 Å². The average Bonchev–Trinajstić information content (AvgIpc) is 2.24. The topological polar surface area (TPSA) is 75.6 Å². The number of aliphatic carboxylic acids is 1. The summed E-state index contributed by atoms with van der Waals surface area (Å²) in [5.41, 5.74) is 0. The minimum absolute atomic E-state index is 0.170. The van der Waals surface area contributed by atoms with Crippen molar-refractivity contribution in [1.29, 1.82) is 0 Å². The van der Waals surface area contributed by atoms with Crippen LogP contribution in [0.25, 0.3) is 0 Å². The molecular weight excluding hydrogens is 222 g/mol. The monoisotopic (exact) mass is 243 g/mol. The van der Waals surface area contributed by atoms with Gasteiger partial charge in [0.15, 0.2) is 0 Å². The first-order valence-corrected chi connectivity index (χ1v) is 5.65. The lowest BCUT2D eigenvalue weighted by Gasteiger charge is -2.20. The van der Waals surface area contributed by atoms with Crippen molar-refractivity contribution < 1.29 is 19.4 Å². The van der Waals surface area contributed by atoms with E-state index >= 15 is 0 Å². The van der Waals surface area contributed by atoms with Crippen LogP contribution in [0.4, 0.5) is 0 Å². The molecular formula is C12H21NO4. The average molecular weight is 243 g/mol. The van der Waals surface area contributed by atoms with Crippen LogP contribution in [0.3, 0.4) is 0 Å². The van der Waals surface area contributed by atoms with Crippen LogP contribution in [0.1, 0.15) is 27.2 Å². The highest BCUT2D eigenvalue weighted by molar-refractivity contribution is 5.86. The highest BCUT2D eigenvalue weighted by atomic mass is 16.5. The summed E-state index contributed by atoms with van der Waals surface area (Å²) in [6.07, 6.45) is 1.69. The van der Waals surface area contributed by atoms with Crippen molar-refractivity contribution in [3.8, 4) is 0 Å². The van der Waals surface area contributed by atoms with Crippen molar-refractivity contribution >= 4 is 11.9 Å². The number of ether oxygens (including phenoxy) is 1. The molecule has 0 bridgehead atoms. The van der Waals surface area contributed by atoms with Crippen molar-refractivity contribution in [2.45, 2.75) is 39.3 Å². The Balaban J connectivity index is 4.21. The van der Waals surface area contributed by atoms with E-state index in [0.29, 0.717) is 13.0 Å². The Bertz CT molecular complexity index is 276. The van der Waals surface area contributed by atoms with Crippen LogP contribution in [-0.2, 0) is 14.3 Å². The molecule has 0 aromatic rings. The zero-order valence-corrected chi connectivity index (χ0v) is 10.6. The third-order valence-electron chi connectivity index (χ3n) is 2.29. The first-order chi connectivity index (χ1) is 7.90. The first kappa shape index (κ1) is 15.6. The van der Waals surface area contributed by atoms with E-state index in [-0.39, 0.29) is 5.92 Å². The van der Waals surface area contributed by atoms with E-state index in [9.17, 15) is 9.59 Å². The summed E-state index contributed by atoms with van der Waals surface area (Å²) in [7, 11) is 0. The van der Waals surface area contributed by atoms with Gasteiger partial charge in [0.25, 0.3) is 0 Å². The second-order valence-corrected chi connectivity index (χ2v) is 4.16. The normalized spacial score (nSPS) is 14.1. The molecule has 2 unspecified atom stereocenters. The second kappa shape index (κ2) is 7.84. The third-order valence-corrected chi connectivity index (χ3v) is 2.29. The Morgan fingerprint density at radius 3 is 2.41 bits per heavy atom. The fourth-order valence-corrected chi connectivity index (χ4v) is 1.19. The minimum Gasteiger partial charge on any atom is -0.480 e. The van der Waals surface area contributed by atoms with E-state index < -0.39 is 24.0 Å². The predicted octanol–water partition coefficient (Wildman–Crippen LogP) is 1.19. The molecule has 5 heteroatoms.